The number of aryl methyl sites for hydroxylation is 1. The lowest BCUT2D eigenvalue weighted by Crippen LogP contribution is -3.00. The van der Waals surface area contributed by atoms with E-state index in [0.717, 1.165) is 6.54 Å². The summed E-state index contributed by atoms with van der Waals surface area (Å²) < 4.78 is 3.75. The third kappa shape index (κ3) is 7.48. The Bertz CT molecular complexity index is 339. The van der Waals surface area contributed by atoms with Crippen molar-refractivity contribution in [3.63, 3.8) is 0 Å². The molecule has 1 heterocycles. The molecule has 0 spiro atoms. The monoisotopic (exact) mass is 318 g/mol. The van der Waals surface area contributed by atoms with E-state index in [4.69, 9.17) is 5.11 Å². The van der Waals surface area contributed by atoms with Gasteiger partial charge in [-0.15, -0.1) is 0 Å². The van der Waals surface area contributed by atoms with Gasteiger partial charge in [0.05, 0.1) is 6.54 Å². The molecule has 0 saturated heterocycles. The third-order valence-corrected chi connectivity index (χ3v) is 2.83. The average Bonchev–Trinajstić information content (AvgIpc) is 2.70. The van der Waals surface area contributed by atoms with Gasteiger partial charge in [-0.05, 0) is 12.8 Å². The first kappa shape index (κ1) is 17.2. The Labute approximate surface area is 119 Å². The molecular weight excluding hydrogens is 296 g/mol. The van der Waals surface area contributed by atoms with Crippen LogP contribution in [0.3, 0.4) is 0 Å². The van der Waals surface area contributed by atoms with Gasteiger partial charge in [0, 0.05) is 0 Å². The highest BCUT2D eigenvalue weighted by Crippen LogP contribution is 2.05. The molecule has 4 nitrogen and oxygen atoms in total. The lowest BCUT2D eigenvalue weighted by Gasteiger charge is -1.98. The molecule has 0 amide bonds. The van der Waals surface area contributed by atoms with E-state index in [1.54, 1.807) is 4.57 Å². The number of nitrogens with zero attached hydrogens (tertiary/aromatic N) is 2. The number of imidazole rings is 1. The summed E-state index contributed by atoms with van der Waals surface area (Å²) >= 11 is 0. The quantitative estimate of drug-likeness (QED) is 0.480. The Kier molecular flexibility index (Phi) is 9.64. The molecule has 0 atom stereocenters. The summed E-state index contributed by atoms with van der Waals surface area (Å²) in [5.74, 6) is -0.799. The Morgan fingerprint density at radius 2 is 1.89 bits per heavy atom. The van der Waals surface area contributed by atoms with Gasteiger partial charge in [0.2, 0.25) is 6.33 Å². The molecule has 1 rings (SSSR count). The average molecular weight is 319 g/mol. The van der Waals surface area contributed by atoms with Crippen LogP contribution < -0.4 is 21.5 Å². The van der Waals surface area contributed by atoms with E-state index in [0.29, 0.717) is 0 Å². The number of aromatic nitrogens is 2. The largest absolute Gasteiger partial charge is 1.00 e. The minimum absolute atomic E-state index is 0. The van der Waals surface area contributed by atoms with E-state index in [9.17, 15) is 4.79 Å². The van der Waals surface area contributed by atoms with E-state index < -0.39 is 5.97 Å². The van der Waals surface area contributed by atoms with Gasteiger partial charge in [0.25, 0.3) is 0 Å². The molecular formula is C13H23BrN2O2. The van der Waals surface area contributed by atoms with Crippen molar-refractivity contribution in [1.82, 2.24) is 4.57 Å². The highest BCUT2D eigenvalue weighted by molar-refractivity contribution is 5.64. The number of carboxylic acids is 1. The van der Waals surface area contributed by atoms with Crippen molar-refractivity contribution in [3.8, 4) is 0 Å². The number of hydrogen-bond acceptors (Lipinski definition) is 1. The summed E-state index contributed by atoms with van der Waals surface area (Å²) in [5.41, 5.74) is 0. The van der Waals surface area contributed by atoms with Crippen LogP contribution in [0, 0.1) is 0 Å². The minimum Gasteiger partial charge on any atom is -1.00 e. The molecule has 104 valence electrons. The van der Waals surface area contributed by atoms with Crippen molar-refractivity contribution >= 4 is 5.97 Å². The molecule has 0 radical (unpaired) electrons. The molecule has 0 aromatic carbocycles. The van der Waals surface area contributed by atoms with Gasteiger partial charge in [-0.25, -0.2) is 13.9 Å². The molecule has 1 aromatic heterocycles. The fraction of sp³-hybridized carbons (Fsp3) is 0.692. The van der Waals surface area contributed by atoms with Gasteiger partial charge in [-0.2, -0.15) is 0 Å². The number of unbranched alkanes of at least 4 members (excludes halogenated alkanes) is 5. The van der Waals surface area contributed by atoms with Crippen LogP contribution in [0.4, 0.5) is 0 Å². The molecule has 18 heavy (non-hydrogen) atoms. The summed E-state index contributed by atoms with van der Waals surface area (Å²) in [6.45, 7) is 3.25. The van der Waals surface area contributed by atoms with E-state index in [2.05, 4.69) is 11.5 Å². The van der Waals surface area contributed by atoms with E-state index in [1.807, 2.05) is 18.7 Å². The first-order chi connectivity index (χ1) is 8.22. The SMILES string of the molecule is CCCCCCCCn1cc[n+](CC(=O)O)c1.[Br-]. The van der Waals surface area contributed by atoms with Gasteiger partial charge in [-0.3, -0.25) is 0 Å². The number of hydrogen-bond donors (Lipinski definition) is 1. The Morgan fingerprint density at radius 1 is 1.22 bits per heavy atom. The maximum atomic E-state index is 10.5. The highest BCUT2D eigenvalue weighted by Gasteiger charge is 2.06. The Hall–Kier alpha value is -0.840. The topological polar surface area (TPSA) is 46.1 Å². The Balaban J connectivity index is 0.00000289. The summed E-state index contributed by atoms with van der Waals surface area (Å²) in [6, 6.07) is 0. The molecule has 0 aliphatic rings. The fourth-order valence-electron chi connectivity index (χ4n) is 1.90. The molecule has 0 aliphatic carbocycles. The first-order valence-corrected chi connectivity index (χ1v) is 6.49. The maximum absolute atomic E-state index is 10.5. The smallest absolute Gasteiger partial charge is 0.346 e. The number of halogens is 1. The van der Waals surface area contributed by atoms with Crippen molar-refractivity contribution < 1.29 is 31.4 Å². The zero-order chi connectivity index (χ0) is 12.5. The molecule has 5 heteroatoms. The van der Waals surface area contributed by atoms with Crippen LogP contribution in [-0.2, 0) is 17.9 Å². The first-order valence-electron chi connectivity index (χ1n) is 6.49. The predicted octanol–water partition coefficient (Wildman–Crippen LogP) is -0.775. The van der Waals surface area contributed by atoms with Crippen LogP contribution in [0.5, 0.6) is 0 Å². The lowest BCUT2D eigenvalue weighted by atomic mass is 10.1. The van der Waals surface area contributed by atoms with Crippen LogP contribution in [0.15, 0.2) is 18.7 Å². The number of carbonyl (C=O) groups is 1. The van der Waals surface area contributed by atoms with Crippen LogP contribution >= 0.6 is 0 Å². The van der Waals surface area contributed by atoms with E-state index >= 15 is 0 Å². The Morgan fingerprint density at radius 3 is 2.56 bits per heavy atom. The van der Waals surface area contributed by atoms with Gasteiger partial charge < -0.3 is 22.1 Å². The summed E-state index contributed by atoms with van der Waals surface area (Å²) in [7, 11) is 0. The molecule has 1 aromatic rings. The minimum atomic E-state index is -0.799. The van der Waals surface area contributed by atoms with Gasteiger partial charge in [-0.1, -0.05) is 32.6 Å². The molecule has 0 aliphatic heterocycles. The number of aliphatic carboxylic acids is 1. The zero-order valence-electron chi connectivity index (χ0n) is 11.0. The summed E-state index contributed by atoms with van der Waals surface area (Å²) in [5, 5.41) is 8.64. The van der Waals surface area contributed by atoms with Gasteiger partial charge in [0.1, 0.15) is 12.4 Å². The second-order valence-electron chi connectivity index (χ2n) is 4.49. The van der Waals surface area contributed by atoms with Crippen molar-refractivity contribution in [2.75, 3.05) is 0 Å². The number of rotatable bonds is 9. The van der Waals surface area contributed by atoms with Crippen molar-refractivity contribution in [2.45, 2.75) is 58.5 Å². The zero-order valence-corrected chi connectivity index (χ0v) is 12.6. The van der Waals surface area contributed by atoms with Crippen LogP contribution in [-0.4, -0.2) is 15.6 Å². The summed E-state index contributed by atoms with van der Waals surface area (Å²) in [4.78, 5) is 10.5. The third-order valence-electron chi connectivity index (χ3n) is 2.83. The van der Waals surface area contributed by atoms with E-state index in [-0.39, 0.29) is 23.5 Å². The summed E-state index contributed by atoms with van der Waals surface area (Å²) in [6.07, 6.45) is 13.3. The van der Waals surface area contributed by atoms with Crippen molar-refractivity contribution in [1.29, 1.82) is 0 Å². The predicted molar refractivity (Wildman–Crippen MR) is 65.6 cm³/mol. The fourth-order valence-corrected chi connectivity index (χ4v) is 1.90. The maximum Gasteiger partial charge on any atom is 0.346 e. The van der Waals surface area contributed by atoms with Crippen molar-refractivity contribution in [3.05, 3.63) is 18.7 Å². The molecule has 0 fully saturated rings. The van der Waals surface area contributed by atoms with Crippen molar-refractivity contribution in [2.24, 2.45) is 0 Å². The lowest BCUT2D eigenvalue weighted by molar-refractivity contribution is -0.685. The molecule has 0 saturated carbocycles. The second-order valence-corrected chi connectivity index (χ2v) is 4.49. The number of carboxylic acid groups (broad SMARTS) is 1. The van der Waals surface area contributed by atoms with Crippen LogP contribution in [0.2, 0.25) is 0 Å². The normalized spacial score (nSPS) is 10.1. The van der Waals surface area contributed by atoms with Gasteiger partial charge >= 0.3 is 5.97 Å². The second kappa shape index (κ2) is 10.1. The van der Waals surface area contributed by atoms with Gasteiger partial charge in [0.15, 0.2) is 6.54 Å². The van der Waals surface area contributed by atoms with E-state index in [1.165, 1.54) is 38.5 Å². The van der Waals surface area contributed by atoms with Crippen LogP contribution in [0.1, 0.15) is 45.4 Å². The van der Waals surface area contributed by atoms with Crippen LogP contribution in [0.25, 0.3) is 0 Å². The molecule has 1 N–H and O–H groups in total. The molecule has 0 bridgehead atoms. The standard InChI is InChI=1S/C13H22N2O2.BrH/c1-2-3-4-5-6-7-8-14-9-10-15(12-14)11-13(16)17;/h9-10,12H,2-8,11H2,1H3;1H. The highest BCUT2D eigenvalue weighted by atomic mass is 79.9. The molecule has 0 unspecified atom stereocenters.